The van der Waals surface area contributed by atoms with Crippen molar-refractivity contribution in [1.82, 2.24) is 4.90 Å². The van der Waals surface area contributed by atoms with Crippen molar-refractivity contribution in [3.8, 4) is 0 Å². The van der Waals surface area contributed by atoms with Crippen molar-refractivity contribution in [1.29, 1.82) is 0 Å². The molecule has 1 aliphatic carbocycles. The third kappa shape index (κ3) is 3.69. The van der Waals surface area contributed by atoms with Crippen LogP contribution in [-0.2, 0) is 0 Å². The molecule has 108 valence electrons. The van der Waals surface area contributed by atoms with E-state index in [0.717, 1.165) is 19.0 Å². The molecule has 0 saturated heterocycles. The molecule has 0 aromatic rings. The number of aliphatic hydroxyl groups excluding tert-OH is 1. The third-order valence-corrected chi connectivity index (χ3v) is 5.29. The maximum atomic E-state index is 9.13. The zero-order valence-electron chi connectivity index (χ0n) is 12.7. The predicted octanol–water partition coefficient (Wildman–Crippen LogP) is 2.09. The van der Waals surface area contributed by atoms with Crippen LogP contribution in [0.4, 0.5) is 0 Å². The van der Waals surface area contributed by atoms with Gasteiger partial charge in [-0.15, -0.1) is 0 Å². The largest absolute Gasteiger partial charge is 0.395 e. The SMILES string of the molecule is CCC(C)(C)C1CCC(CN)C(N(C)CCO)C1. The molecule has 3 nitrogen and oxygen atoms in total. The van der Waals surface area contributed by atoms with E-state index in [-0.39, 0.29) is 6.61 Å². The van der Waals surface area contributed by atoms with Crippen molar-refractivity contribution < 1.29 is 5.11 Å². The van der Waals surface area contributed by atoms with Crippen LogP contribution in [-0.4, -0.2) is 42.8 Å². The first-order chi connectivity index (χ1) is 8.46. The molecule has 18 heavy (non-hydrogen) atoms. The van der Waals surface area contributed by atoms with Crippen molar-refractivity contribution >= 4 is 0 Å². The number of nitrogens with two attached hydrogens (primary N) is 1. The topological polar surface area (TPSA) is 49.5 Å². The summed E-state index contributed by atoms with van der Waals surface area (Å²) in [7, 11) is 2.13. The fraction of sp³-hybridized carbons (Fsp3) is 1.00. The van der Waals surface area contributed by atoms with Gasteiger partial charge in [0.25, 0.3) is 0 Å². The summed E-state index contributed by atoms with van der Waals surface area (Å²) in [5.41, 5.74) is 6.35. The number of nitrogens with zero attached hydrogens (tertiary/aromatic N) is 1. The minimum absolute atomic E-state index is 0.242. The van der Waals surface area contributed by atoms with Crippen LogP contribution in [0.3, 0.4) is 0 Å². The molecule has 0 spiro atoms. The van der Waals surface area contributed by atoms with Gasteiger partial charge in [-0.3, -0.25) is 0 Å². The van der Waals surface area contributed by atoms with Gasteiger partial charge in [-0.25, -0.2) is 0 Å². The van der Waals surface area contributed by atoms with E-state index >= 15 is 0 Å². The van der Waals surface area contributed by atoms with Crippen molar-refractivity contribution in [2.24, 2.45) is 23.0 Å². The second-order valence-corrected chi connectivity index (χ2v) is 6.62. The fourth-order valence-electron chi connectivity index (χ4n) is 3.35. The second-order valence-electron chi connectivity index (χ2n) is 6.62. The van der Waals surface area contributed by atoms with Gasteiger partial charge in [0.15, 0.2) is 0 Å². The van der Waals surface area contributed by atoms with Crippen LogP contribution in [0, 0.1) is 17.3 Å². The Labute approximate surface area is 113 Å². The van der Waals surface area contributed by atoms with E-state index in [9.17, 15) is 0 Å². The zero-order valence-corrected chi connectivity index (χ0v) is 12.7. The first-order valence-corrected chi connectivity index (χ1v) is 7.47. The lowest BCUT2D eigenvalue weighted by molar-refractivity contribution is 0.0429. The van der Waals surface area contributed by atoms with Crippen LogP contribution >= 0.6 is 0 Å². The lowest BCUT2D eigenvalue weighted by Crippen LogP contribution is -2.48. The molecule has 3 heteroatoms. The van der Waals surface area contributed by atoms with Gasteiger partial charge in [0.05, 0.1) is 6.61 Å². The molecule has 0 heterocycles. The number of aliphatic hydroxyl groups is 1. The molecule has 1 fully saturated rings. The Morgan fingerprint density at radius 3 is 2.50 bits per heavy atom. The summed E-state index contributed by atoms with van der Waals surface area (Å²) >= 11 is 0. The van der Waals surface area contributed by atoms with E-state index in [2.05, 4.69) is 32.7 Å². The molecule has 3 atom stereocenters. The number of likely N-dealkylation sites (N-methyl/N-ethyl adjacent to an activating group) is 1. The lowest BCUT2D eigenvalue weighted by Gasteiger charge is -2.46. The molecule has 0 aliphatic heterocycles. The minimum Gasteiger partial charge on any atom is -0.395 e. The first kappa shape index (κ1) is 15.9. The van der Waals surface area contributed by atoms with Gasteiger partial charge >= 0.3 is 0 Å². The van der Waals surface area contributed by atoms with Gasteiger partial charge in [0.2, 0.25) is 0 Å². The lowest BCUT2D eigenvalue weighted by atomic mass is 9.65. The van der Waals surface area contributed by atoms with Crippen LogP contribution in [0.25, 0.3) is 0 Å². The quantitative estimate of drug-likeness (QED) is 0.765. The Kier molecular flexibility index (Phi) is 6.09. The predicted molar refractivity (Wildman–Crippen MR) is 77.5 cm³/mol. The minimum atomic E-state index is 0.242. The zero-order chi connectivity index (χ0) is 13.8. The molecule has 1 aliphatic rings. The molecular weight excluding hydrogens is 224 g/mol. The highest BCUT2D eigenvalue weighted by atomic mass is 16.3. The van der Waals surface area contributed by atoms with Gasteiger partial charge in [0, 0.05) is 12.6 Å². The highest BCUT2D eigenvalue weighted by molar-refractivity contribution is 4.91. The van der Waals surface area contributed by atoms with Gasteiger partial charge in [0.1, 0.15) is 0 Å². The van der Waals surface area contributed by atoms with E-state index < -0.39 is 0 Å². The molecule has 3 unspecified atom stereocenters. The van der Waals surface area contributed by atoms with E-state index in [0.29, 0.717) is 17.4 Å². The Morgan fingerprint density at radius 1 is 1.33 bits per heavy atom. The van der Waals surface area contributed by atoms with Crippen molar-refractivity contribution in [2.45, 2.75) is 52.5 Å². The Bertz CT molecular complexity index is 243. The molecule has 1 saturated carbocycles. The van der Waals surface area contributed by atoms with E-state index in [1.54, 1.807) is 0 Å². The van der Waals surface area contributed by atoms with Gasteiger partial charge in [-0.05, 0) is 50.1 Å². The standard InChI is InChI=1S/C15H32N2O/c1-5-15(2,3)13-7-6-12(11-16)14(10-13)17(4)8-9-18/h12-14,18H,5-11,16H2,1-4H3. The Morgan fingerprint density at radius 2 is 2.00 bits per heavy atom. The van der Waals surface area contributed by atoms with E-state index in [1.165, 1.54) is 25.7 Å². The molecular formula is C15H32N2O. The number of hydrogen-bond acceptors (Lipinski definition) is 3. The Hall–Kier alpha value is -0.120. The fourth-order valence-corrected chi connectivity index (χ4v) is 3.35. The van der Waals surface area contributed by atoms with Crippen molar-refractivity contribution in [3.63, 3.8) is 0 Å². The molecule has 0 amide bonds. The monoisotopic (exact) mass is 256 g/mol. The summed E-state index contributed by atoms with van der Waals surface area (Å²) in [4.78, 5) is 2.31. The van der Waals surface area contributed by atoms with Crippen molar-refractivity contribution in [3.05, 3.63) is 0 Å². The van der Waals surface area contributed by atoms with Crippen LogP contribution in [0.2, 0.25) is 0 Å². The first-order valence-electron chi connectivity index (χ1n) is 7.47. The summed E-state index contributed by atoms with van der Waals surface area (Å²) in [6, 6.07) is 0.548. The van der Waals surface area contributed by atoms with Crippen LogP contribution in [0.1, 0.15) is 46.5 Å². The summed E-state index contributed by atoms with van der Waals surface area (Å²) in [6.45, 7) is 8.86. The second kappa shape index (κ2) is 6.88. The highest BCUT2D eigenvalue weighted by Crippen LogP contribution is 2.43. The summed E-state index contributed by atoms with van der Waals surface area (Å²) in [5.74, 6) is 1.39. The van der Waals surface area contributed by atoms with Gasteiger partial charge in [-0.2, -0.15) is 0 Å². The summed E-state index contributed by atoms with van der Waals surface area (Å²) in [5, 5.41) is 9.13. The smallest absolute Gasteiger partial charge is 0.0558 e. The normalized spacial score (nSPS) is 29.8. The highest BCUT2D eigenvalue weighted by Gasteiger charge is 2.37. The summed E-state index contributed by atoms with van der Waals surface area (Å²) in [6.07, 6.45) is 5.03. The van der Waals surface area contributed by atoms with Gasteiger partial charge < -0.3 is 15.7 Å². The van der Waals surface area contributed by atoms with E-state index in [1.807, 2.05) is 0 Å². The number of hydrogen-bond donors (Lipinski definition) is 2. The molecule has 3 N–H and O–H groups in total. The number of rotatable bonds is 6. The molecule has 1 rings (SSSR count). The molecule has 0 aromatic carbocycles. The average Bonchev–Trinajstić information content (AvgIpc) is 2.38. The van der Waals surface area contributed by atoms with Crippen LogP contribution < -0.4 is 5.73 Å². The van der Waals surface area contributed by atoms with Crippen molar-refractivity contribution in [2.75, 3.05) is 26.7 Å². The van der Waals surface area contributed by atoms with E-state index in [4.69, 9.17) is 10.8 Å². The third-order valence-electron chi connectivity index (χ3n) is 5.29. The maximum Gasteiger partial charge on any atom is 0.0558 e. The van der Waals surface area contributed by atoms with Gasteiger partial charge in [-0.1, -0.05) is 27.2 Å². The maximum absolute atomic E-state index is 9.13. The van der Waals surface area contributed by atoms with Crippen LogP contribution in [0.15, 0.2) is 0 Å². The summed E-state index contributed by atoms with van der Waals surface area (Å²) < 4.78 is 0. The molecule has 0 aromatic heterocycles. The molecule has 0 bridgehead atoms. The molecule has 0 radical (unpaired) electrons. The Balaban J connectivity index is 2.71. The average molecular weight is 256 g/mol. The van der Waals surface area contributed by atoms with Crippen LogP contribution in [0.5, 0.6) is 0 Å².